The molecule has 1 aliphatic rings. The highest BCUT2D eigenvalue weighted by Crippen LogP contribution is 2.24. The van der Waals surface area contributed by atoms with Gasteiger partial charge in [-0.1, -0.05) is 20.8 Å². The van der Waals surface area contributed by atoms with Crippen molar-refractivity contribution in [3.8, 4) is 6.07 Å². The second-order valence-electron chi connectivity index (χ2n) is 5.43. The standard InChI is InChI=1S/C12H20N2O2/c1-12(2,3)8-10-9-14(6-7-16-10)11(15)4-5-13/h10H,4,6-9H2,1-3H3. The van der Waals surface area contributed by atoms with Gasteiger partial charge < -0.3 is 9.64 Å². The quantitative estimate of drug-likeness (QED) is 0.715. The number of rotatable bonds is 2. The number of hydrogen-bond acceptors (Lipinski definition) is 3. The Morgan fingerprint density at radius 2 is 2.25 bits per heavy atom. The van der Waals surface area contributed by atoms with E-state index in [1.165, 1.54) is 0 Å². The molecule has 0 aromatic carbocycles. The van der Waals surface area contributed by atoms with Crippen LogP contribution >= 0.6 is 0 Å². The van der Waals surface area contributed by atoms with E-state index < -0.39 is 0 Å². The van der Waals surface area contributed by atoms with Crippen LogP contribution in [0.3, 0.4) is 0 Å². The Bertz CT molecular complexity index is 288. The van der Waals surface area contributed by atoms with Crippen molar-refractivity contribution in [3.05, 3.63) is 0 Å². The number of ether oxygens (including phenoxy) is 1. The molecule has 1 heterocycles. The van der Waals surface area contributed by atoms with Crippen LogP contribution in [0.2, 0.25) is 0 Å². The summed E-state index contributed by atoms with van der Waals surface area (Å²) in [6.45, 7) is 8.29. The molecule has 1 unspecified atom stereocenters. The molecule has 16 heavy (non-hydrogen) atoms. The van der Waals surface area contributed by atoms with Gasteiger partial charge in [-0.2, -0.15) is 5.26 Å². The van der Waals surface area contributed by atoms with Crippen LogP contribution < -0.4 is 0 Å². The molecule has 1 saturated heterocycles. The van der Waals surface area contributed by atoms with Crippen molar-refractivity contribution in [3.63, 3.8) is 0 Å². The molecule has 0 N–H and O–H groups in total. The van der Waals surface area contributed by atoms with E-state index in [1.54, 1.807) is 4.90 Å². The average molecular weight is 224 g/mol. The fourth-order valence-electron chi connectivity index (χ4n) is 1.93. The zero-order chi connectivity index (χ0) is 12.2. The van der Waals surface area contributed by atoms with Gasteiger partial charge in [0.15, 0.2) is 0 Å². The number of carbonyl (C=O) groups is 1. The van der Waals surface area contributed by atoms with E-state index in [4.69, 9.17) is 10.00 Å². The first kappa shape index (κ1) is 13.0. The first-order chi connectivity index (χ1) is 7.42. The smallest absolute Gasteiger partial charge is 0.236 e. The second-order valence-corrected chi connectivity index (χ2v) is 5.43. The van der Waals surface area contributed by atoms with Gasteiger partial charge in [-0.3, -0.25) is 4.79 Å². The van der Waals surface area contributed by atoms with Crippen molar-refractivity contribution in [2.24, 2.45) is 5.41 Å². The van der Waals surface area contributed by atoms with Gasteiger partial charge in [0.1, 0.15) is 6.42 Å². The molecule has 1 atom stereocenters. The van der Waals surface area contributed by atoms with E-state index in [1.807, 2.05) is 6.07 Å². The third kappa shape index (κ3) is 4.19. The monoisotopic (exact) mass is 224 g/mol. The maximum absolute atomic E-state index is 11.6. The zero-order valence-electron chi connectivity index (χ0n) is 10.3. The molecule has 1 rings (SSSR count). The normalized spacial score (nSPS) is 21.6. The van der Waals surface area contributed by atoms with Gasteiger partial charge in [0, 0.05) is 13.1 Å². The van der Waals surface area contributed by atoms with Gasteiger partial charge in [0.05, 0.1) is 18.8 Å². The maximum Gasteiger partial charge on any atom is 0.236 e. The van der Waals surface area contributed by atoms with Crippen molar-refractivity contribution in [2.45, 2.75) is 39.7 Å². The van der Waals surface area contributed by atoms with E-state index in [0.717, 1.165) is 6.42 Å². The molecule has 0 aromatic rings. The summed E-state index contributed by atoms with van der Waals surface area (Å²) in [5.41, 5.74) is 0.200. The first-order valence-corrected chi connectivity index (χ1v) is 5.69. The van der Waals surface area contributed by atoms with Crippen LogP contribution in [0.1, 0.15) is 33.6 Å². The molecule has 1 amide bonds. The molecule has 0 aromatic heterocycles. The number of carbonyl (C=O) groups excluding carboxylic acids is 1. The highest BCUT2D eigenvalue weighted by atomic mass is 16.5. The van der Waals surface area contributed by atoms with Crippen molar-refractivity contribution >= 4 is 5.91 Å². The zero-order valence-corrected chi connectivity index (χ0v) is 10.3. The van der Waals surface area contributed by atoms with Gasteiger partial charge in [-0.25, -0.2) is 0 Å². The van der Waals surface area contributed by atoms with Crippen molar-refractivity contribution in [1.29, 1.82) is 5.26 Å². The minimum atomic E-state index is -0.0790. The van der Waals surface area contributed by atoms with Gasteiger partial charge in [0.2, 0.25) is 5.91 Å². The van der Waals surface area contributed by atoms with E-state index in [9.17, 15) is 4.79 Å². The van der Waals surface area contributed by atoms with E-state index in [2.05, 4.69) is 20.8 Å². The third-order valence-corrected chi connectivity index (χ3v) is 2.56. The summed E-state index contributed by atoms with van der Waals surface area (Å²) in [5, 5.41) is 8.49. The van der Waals surface area contributed by atoms with Crippen LogP contribution in [0.4, 0.5) is 0 Å². The lowest BCUT2D eigenvalue weighted by Gasteiger charge is -2.35. The molecular formula is C12H20N2O2. The maximum atomic E-state index is 11.6. The van der Waals surface area contributed by atoms with E-state index in [0.29, 0.717) is 19.7 Å². The Balaban J connectivity index is 2.48. The van der Waals surface area contributed by atoms with Gasteiger partial charge in [0.25, 0.3) is 0 Å². The molecule has 0 saturated carbocycles. The molecule has 4 heteroatoms. The fourth-order valence-corrected chi connectivity index (χ4v) is 1.93. The predicted octanol–water partition coefficient (Wildman–Crippen LogP) is 1.56. The highest BCUT2D eigenvalue weighted by molar-refractivity contribution is 5.78. The minimum absolute atomic E-state index is 0.0256. The lowest BCUT2D eigenvalue weighted by atomic mass is 9.88. The number of nitriles is 1. The number of amides is 1. The van der Waals surface area contributed by atoms with Crippen molar-refractivity contribution < 1.29 is 9.53 Å². The van der Waals surface area contributed by atoms with Gasteiger partial charge >= 0.3 is 0 Å². The van der Waals surface area contributed by atoms with E-state index in [-0.39, 0.29) is 23.8 Å². The molecule has 0 aliphatic carbocycles. The van der Waals surface area contributed by atoms with Crippen LogP contribution in [0.15, 0.2) is 0 Å². The molecule has 90 valence electrons. The lowest BCUT2D eigenvalue weighted by Crippen LogP contribution is -2.46. The second kappa shape index (κ2) is 5.31. The van der Waals surface area contributed by atoms with Crippen molar-refractivity contribution in [2.75, 3.05) is 19.7 Å². The number of morpholine rings is 1. The molecule has 1 aliphatic heterocycles. The third-order valence-electron chi connectivity index (χ3n) is 2.56. The summed E-state index contributed by atoms with van der Waals surface area (Å²) in [5.74, 6) is -0.0790. The van der Waals surface area contributed by atoms with Crippen LogP contribution in [-0.2, 0) is 9.53 Å². The predicted molar refractivity (Wildman–Crippen MR) is 60.6 cm³/mol. The Kier molecular flexibility index (Phi) is 4.31. The van der Waals surface area contributed by atoms with Crippen LogP contribution in [0, 0.1) is 16.7 Å². The van der Waals surface area contributed by atoms with Crippen LogP contribution in [0.5, 0.6) is 0 Å². The molecule has 0 bridgehead atoms. The molecule has 0 spiro atoms. The van der Waals surface area contributed by atoms with Gasteiger partial charge in [-0.05, 0) is 11.8 Å². The summed E-state index contributed by atoms with van der Waals surface area (Å²) in [6, 6.07) is 1.90. The SMILES string of the molecule is CC(C)(C)CC1CN(C(=O)CC#N)CCO1. The fraction of sp³-hybridized carbons (Fsp3) is 0.833. The Hall–Kier alpha value is -1.08. The summed E-state index contributed by atoms with van der Waals surface area (Å²) in [4.78, 5) is 13.3. The lowest BCUT2D eigenvalue weighted by molar-refractivity contribution is -0.138. The average Bonchev–Trinajstić information content (AvgIpc) is 2.16. The minimum Gasteiger partial charge on any atom is -0.375 e. The Morgan fingerprint density at radius 3 is 2.81 bits per heavy atom. The topological polar surface area (TPSA) is 53.3 Å². The number of nitrogens with zero attached hydrogens (tertiary/aromatic N) is 2. The highest BCUT2D eigenvalue weighted by Gasteiger charge is 2.27. The molecular weight excluding hydrogens is 204 g/mol. The van der Waals surface area contributed by atoms with E-state index >= 15 is 0 Å². The summed E-state index contributed by atoms with van der Waals surface area (Å²) in [7, 11) is 0. The Morgan fingerprint density at radius 1 is 1.56 bits per heavy atom. The van der Waals surface area contributed by atoms with Crippen LogP contribution in [-0.4, -0.2) is 36.6 Å². The summed E-state index contributed by atoms with van der Waals surface area (Å²) < 4.78 is 5.64. The van der Waals surface area contributed by atoms with Crippen molar-refractivity contribution in [1.82, 2.24) is 4.90 Å². The first-order valence-electron chi connectivity index (χ1n) is 5.69. The molecule has 0 radical (unpaired) electrons. The van der Waals surface area contributed by atoms with Crippen LogP contribution in [0.25, 0.3) is 0 Å². The molecule has 4 nitrogen and oxygen atoms in total. The Labute approximate surface area is 97.2 Å². The summed E-state index contributed by atoms with van der Waals surface area (Å²) in [6.07, 6.45) is 1.02. The molecule has 1 fully saturated rings. The number of hydrogen-bond donors (Lipinski definition) is 0. The largest absolute Gasteiger partial charge is 0.375 e. The summed E-state index contributed by atoms with van der Waals surface area (Å²) >= 11 is 0. The van der Waals surface area contributed by atoms with Gasteiger partial charge in [-0.15, -0.1) is 0 Å².